The molecule has 2 aromatic rings. The summed E-state index contributed by atoms with van der Waals surface area (Å²) in [7, 11) is 0. The zero-order chi connectivity index (χ0) is 13.8. The summed E-state index contributed by atoms with van der Waals surface area (Å²) in [6.07, 6.45) is 1.44. The summed E-state index contributed by atoms with van der Waals surface area (Å²) >= 11 is 3.24. The fourth-order valence-corrected chi connectivity index (χ4v) is 2.03. The van der Waals surface area contributed by atoms with Gasteiger partial charge in [0.25, 0.3) is 0 Å². The number of esters is 1. The summed E-state index contributed by atoms with van der Waals surface area (Å²) in [4.78, 5) is 15.9. The number of halogens is 2. The quantitative estimate of drug-likeness (QED) is 0.692. The number of rotatable bonds is 4. The Kier molecular flexibility index (Phi) is 4.26. The van der Waals surface area contributed by atoms with Crippen molar-refractivity contribution in [1.82, 2.24) is 15.2 Å². The molecule has 2 rings (SSSR count). The highest BCUT2D eigenvalue weighted by Gasteiger charge is 2.24. The monoisotopic (exact) mass is 327 g/mol. The van der Waals surface area contributed by atoms with Crippen LogP contribution in [0.5, 0.6) is 0 Å². The number of pyridine rings is 1. The number of alkyl halides is 1. The summed E-state index contributed by atoms with van der Waals surface area (Å²) in [5.74, 6) is -1.09. The number of carbonyl (C=O) groups is 1. The molecule has 0 atom stereocenters. The van der Waals surface area contributed by atoms with E-state index >= 15 is 0 Å². The third-order valence-corrected chi connectivity index (χ3v) is 3.00. The molecule has 0 unspecified atom stereocenters. The van der Waals surface area contributed by atoms with Crippen LogP contribution < -0.4 is 0 Å². The van der Waals surface area contributed by atoms with Gasteiger partial charge in [-0.2, -0.15) is 5.10 Å². The van der Waals surface area contributed by atoms with Gasteiger partial charge in [0.2, 0.25) is 0 Å². The predicted molar refractivity (Wildman–Crippen MR) is 70.4 cm³/mol. The van der Waals surface area contributed by atoms with Gasteiger partial charge >= 0.3 is 5.97 Å². The third kappa shape index (κ3) is 2.65. The summed E-state index contributed by atoms with van der Waals surface area (Å²) < 4.78 is 18.7. The second kappa shape index (κ2) is 5.92. The second-order valence-electron chi connectivity index (χ2n) is 3.61. The molecule has 0 aliphatic rings. The maximum Gasteiger partial charge on any atom is 0.342 e. The van der Waals surface area contributed by atoms with Crippen molar-refractivity contribution in [3.63, 3.8) is 0 Å². The molecule has 0 saturated carbocycles. The first kappa shape index (κ1) is 13.7. The Bertz CT molecular complexity index is 600. The average molecular weight is 328 g/mol. The van der Waals surface area contributed by atoms with Crippen LogP contribution in [-0.4, -0.2) is 27.8 Å². The fraction of sp³-hybridized carbons (Fsp3) is 0.250. The highest BCUT2D eigenvalue weighted by molar-refractivity contribution is 9.08. The SMILES string of the molecule is CCOC(=O)c1c(-c2ncccc2F)n[nH]c1CBr. The van der Waals surface area contributed by atoms with Crippen molar-refractivity contribution in [3.8, 4) is 11.4 Å². The Hall–Kier alpha value is -1.76. The zero-order valence-electron chi connectivity index (χ0n) is 10.1. The first-order valence-corrected chi connectivity index (χ1v) is 6.72. The van der Waals surface area contributed by atoms with E-state index in [1.807, 2.05) is 0 Å². The lowest BCUT2D eigenvalue weighted by Crippen LogP contribution is -2.08. The molecule has 2 aromatic heterocycles. The van der Waals surface area contributed by atoms with Crippen LogP contribution in [0, 0.1) is 5.82 Å². The molecule has 0 fully saturated rings. The van der Waals surface area contributed by atoms with E-state index < -0.39 is 11.8 Å². The van der Waals surface area contributed by atoms with Gasteiger partial charge in [0.05, 0.1) is 12.3 Å². The molecular formula is C12H11BrFN3O2. The topological polar surface area (TPSA) is 67.9 Å². The molecule has 100 valence electrons. The van der Waals surface area contributed by atoms with Crippen molar-refractivity contribution in [2.75, 3.05) is 6.61 Å². The molecular weight excluding hydrogens is 317 g/mol. The van der Waals surface area contributed by atoms with Gasteiger partial charge in [-0.3, -0.25) is 10.1 Å². The van der Waals surface area contributed by atoms with Crippen LogP contribution in [0.25, 0.3) is 11.4 Å². The summed E-state index contributed by atoms with van der Waals surface area (Å²) in [6.45, 7) is 1.93. The normalized spacial score (nSPS) is 10.5. The van der Waals surface area contributed by atoms with E-state index in [4.69, 9.17) is 4.74 Å². The van der Waals surface area contributed by atoms with Crippen LogP contribution in [0.2, 0.25) is 0 Å². The Labute approximate surface area is 117 Å². The number of ether oxygens (including phenoxy) is 1. The Morgan fingerprint density at radius 1 is 1.53 bits per heavy atom. The zero-order valence-corrected chi connectivity index (χ0v) is 11.7. The largest absolute Gasteiger partial charge is 0.462 e. The number of hydrogen-bond acceptors (Lipinski definition) is 4. The minimum Gasteiger partial charge on any atom is -0.462 e. The van der Waals surface area contributed by atoms with Gasteiger partial charge in [-0.25, -0.2) is 9.18 Å². The molecule has 0 amide bonds. The van der Waals surface area contributed by atoms with E-state index in [9.17, 15) is 9.18 Å². The predicted octanol–water partition coefficient (Wildman–Crippen LogP) is 2.68. The lowest BCUT2D eigenvalue weighted by Gasteiger charge is -2.04. The lowest BCUT2D eigenvalue weighted by molar-refractivity contribution is 0.0526. The Morgan fingerprint density at radius 2 is 2.32 bits per heavy atom. The number of aromatic nitrogens is 3. The molecule has 0 aliphatic heterocycles. The van der Waals surface area contributed by atoms with Gasteiger partial charge in [0, 0.05) is 11.5 Å². The summed E-state index contributed by atoms with van der Waals surface area (Å²) in [5.41, 5.74) is 0.912. The van der Waals surface area contributed by atoms with E-state index in [2.05, 4.69) is 31.1 Å². The van der Waals surface area contributed by atoms with E-state index in [-0.39, 0.29) is 23.6 Å². The van der Waals surface area contributed by atoms with Crippen LogP contribution in [0.3, 0.4) is 0 Å². The first-order chi connectivity index (χ1) is 9.19. The highest BCUT2D eigenvalue weighted by atomic mass is 79.9. The van der Waals surface area contributed by atoms with Crippen molar-refractivity contribution in [3.05, 3.63) is 35.4 Å². The van der Waals surface area contributed by atoms with E-state index in [0.29, 0.717) is 11.0 Å². The molecule has 5 nitrogen and oxygen atoms in total. The van der Waals surface area contributed by atoms with Crippen LogP contribution >= 0.6 is 15.9 Å². The molecule has 2 heterocycles. The number of nitrogens with zero attached hydrogens (tertiary/aromatic N) is 2. The van der Waals surface area contributed by atoms with Crippen LogP contribution in [0.1, 0.15) is 23.0 Å². The molecule has 0 spiro atoms. The van der Waals surface area contributed by atoms with Gasteiger partial charge in [-0.05, 0) is 19.1 Å². The average Bonchev–Trinajstić information content (AvgIpc) is 2.83. The minimum absolute atomic E-state index is 0.0222. The summed E-state index contributed by atoms with van der Waals surface area (Å²) in [5, 5.41) is 7.03. The standard InChI is InChI=1S/C12H11BrFN3O2/c1-2-19-12(18)9-8(6-13)16-17-11(9)10-7(14)4-3-5-15-10/h3-5H,2,6H2,1H3,(H,16,17). The van der Waals surface area contributed by atoms with Crippen molar-refractivity contribution < 1.29 is 13.9 Å². The highest BCUT2D eigenvalue weighted by Crippen LogP contribution is 2.26. The third-order valence-electron chi connectivity index (χ3n) is 2.44. The second-order valence-corrected chi connectivity index (χ2v) is 4.17. The number of aromatic amines is 1. The van der Waals surface area contributed by atoms with E-state index in [0.717, 1.165) is 0 Å². The lowest BCUT2D eigenvalue weighted by atomic mass is 10.1. The maximum absolute atomic E-state index is 13.7. The maximum atomic E-state index is 13.7. The smallest absolute Gasteiger partial charge is 0.342 e. The molecule has 1 N–H and O–H groups in total. The van der Waals surface area contributed by atoms with Crippen molar-refractivity contribution in [2.24, 2.45) is 0 Å². The molecule has 0 bridgehead atoms. The number of nitrogens with one attached hydrogen (secondary N) is 1. The number of hydrogen-bond donors (Lipinski definition) is 1. The van der Waals surface area contributed by atoms with E-state index in [1.165, 1.54) is 18.3 Å². The molecule has 19 heavy (non-hydrogen) atoms. The van der Waals surface area contributed by atoms with Crippen LogP contribution in [0.15, 0.2) is 18.3 Å². The van der Waals surface area contributed by atoms with Crippen LogP contribution in [0.4, 0.5) is 4.39 Å². The van der Waals surface area contributed by atoms with Crippen molar-refractivity contribution in [1.29, 1.82) is 0 Å². The Morgan fingerprint density at radius 3 is 2.95 bits per heavy atom. The number of H-pyrrole nitrogens is 1. The molecule has 0 radical (unpaired) electrons. The summed E-state index contributed by atoms with van der Waals surface area (Å²) in [6, 6.07) is 2.74. The molecule has 7 heteroatoms. The van der Waals surface area contributed by atoms with Gasteiger partial charge < -0.3 is 4.74 Å². The number of carbonyl (C=O) groups excluding carboxylic acids is 1. The molecule has 0 saturated heterocycles. The molecule has 0 aromatic carbocycles. The molecule has 0 aliphatic carbocycles. The van der Waals surface area contributed by atoms with Crippen molar-refractivity contribution >= 4 is 21.9 Å². The van der Waals surface area contributed by atoms with Crippen molar-refractivity contribution in [2.45, 2.75) is 12.3 Å². The van der Waals surface area contributed by atoms with E-state index in [1.54, 1.807) is 6.92 Å². The van der Waals surface area contributed by atoms with Crippen LogP contribution in [-0.2, 0) is 10.1 Å². The fourth-order valence-electron chi connectivity index (χ4n) is 1.63. The minimum atomic E-state index is -0.550. The van der Waals surface area contributed by atoms with Gasteiger partial charge in [-0.1, -0.05) is 15.9 Å². The van der Waals surface area contributed by atoms with Gasteiger partial charge in [-0.15, -0.1) is 0 Å². The Balaban J connectivity index is 2.55. The van der Waals surface area contributed by atoms with Gasteiger partial charge in [0.1, 0.15) is 17.0 Å². The first-order valence-electron chi connectivity index (χ1n) is 5.60. The van der Waals surface area contributed by atoms with Gasteiger partial charge in [0.15, 0.2) is 5.82 Å².